The lowest BCUT2D eigenvalue weighted by Crippen LogP contribution is -2.11. The average Bonchev–Trinajstić information content (AvgIpc) is 2.52. The molecule has 15 aromatic rings. The van der Waals surface area contributed by atoms with Crippen molar-refractivity contribution < 1.29 is 0 Å². The van der Waals surface area contributed by atoms with E-state index >= 15 is 0 Å². The quantitative estimate of drug-likeness (QED) is 0.121. The molecule has 17 rings (SSSR count). The fourth-order valence-electron chi connectivity index (χ4n) is 14.1. The van der Waals surface area contributed by atoms with Gasteiger partial charge in [-0.1, -0.05) is 255 Å². The van der Waals surface area contributed by atoms with Crippen LogP contribution < -0.4 is 9.80 Å². The zero-order valence-corrected chi connectivity index (χ0v) is 49.1. The normalized spacial score (nSPS) is 13.6. The van der Waals surface area contributed by atoms with Crippen LogP contribution in [0, 0.1) is 0 Å². The molecule has 2 aliphatic carbocycles. The molecular weight excluding hydrogens is 1100 g/mol. The summed E-state index contributed by atoms with van der Waals surface area (Å²) >= 11 is 1.22. The summed E-state index contributed by atoms with van der Waals surface area (Å²) in [6, 6.07) is 113. The molecule has 2 atom stereocenters. The minimum atomic E-state index is 0.112. The fraction of sp³-hybridized carbons (Fsp3) is 0.0244. The van der Waals surface area contributed by atoms with Gasteiger partial charge in [0.1, 0.15) is 22.1 Å². The first-order valence-corrected chi connectivity index (χ1v) is 31.0. The van der Waals surface area contributed by atoms with Gasteiger partial charge in [0.05, 0.1) is 34.5 Å². The number of rotatable bonds is 12. The van der Waals surface area contributed by atoms with E-state index in [9.17, 15) is 0 Å². The van der Waals surface area contributed by atoms with Crippen molar-refractivity contribution in [2.75, 3.05) is 9.80 Å². The predicted molar refractivity (Wildman–Crippen MR) is 367 cm³/mol. The Labute approximate surface area is 521 Å². The summed E-state index contributed by atoms with van der Waals surface area (Å²) in [5, 5.41) is 0. The Morgan fingerprint density at radius 3 is 0.966 bits per heavy atom. The van der Waals surface area contributed by atoms with Gasteiger partial charge in [-0.3, -0.25) is 0 Å². The van der Waals surface area contributed by atoms with Crippen molar-refractivity contribution in [3.05, 3.63) is 349 Å². The van der Waals surface area contributed by atoms with Gasteiger partial charge in [0, 0.05) is 68.0 Å². The predicted octanol–water partition coefficient (Wildman–Crippen LogP) is 21.6. The van der Waals surface area contributed by atoms with E-state index in [1.807, 2.05) is 12.1 Å². The van der Waals surface area contributed by atoms with Crippen LogP contribution in [0.1, 0.15) is 45.2 Å². The number of hydrogen-bond acceptors (Lipinski definition) is 7. The third-order valence-corrected chi connectivity index (χ3v) is 18.4. The highest BCUT2D eigenvalue weighted by atomic mass is 32.1. The van der Waals surface area contributed by atoms with Crippen molar-refractivity contribution in [1.82, 2.24) is 18.7 Å². The largest absolute Gasteiger partial charge is 0.310 e. The van der Waals surface area contributed by atoms with Crippen LogP contribution in [0.15, 0.2) is 315 Å². The monoisotopic (exact) mass is 1150 g/mol. The van der Waals surface area contributed by atoms with Gasteiger partial charge >= 0.3 is 0 Å². The van der Waals surface area contributed by atoms with Crippen molar-refractivity contribution >= 4 is 67.9 Å². The molecule has 0 amide bonds. The van der Waals surface area contributed by atoms with Crippen LogP contribution in [0.5, 0.6) is 0 Å². The molecule has 0 radical (unpaired) electrons. The van der Waals surface area contributed by atoms with Gasteiger partial charge in [-0.2, -0.15) is 8.75 Å². The molecule has 0 saturated carbocycles. The summed E-state index contributed by atoms with van der Waals surface area (Å²) in [7, 11) is 0. The van der Waals surface area contributed by atoms with Crippen molar-refractivity contribution in [3.8, 4) is 67.0 Å². The molecule has 7 heteroatoms. The molecule has 89 heavy (non-hydrogen) atoms. The van der Waals surface area contributed by atoms with Crippen LogP contribution in [-0.2, 0) is 0 Å². The van der Waals surface area contributed by atoms with Gasteiger partial charge in [-0.25, -0.2) is 9.97 Å². The molecule has 2 unspecified atom stereocenters. The number of fused-ring (bicyclic) bond motifs is 8. The molecule has 0 N–H and O–H groups in total. The van der Waals surface area contributed by atoms with E-state index in [1.54, 1.807) is 0 Å². The maximum Gasteiger partial charge on any atom is 0.115 e. The summed E-state index contributed by atoms with van der Waals surface area (Å²) in [5.41, 5.74) is 29.5. The zero-order chi connectivity index (χ0) is 58.8. The molecule has 2 heterocycles. The van der Waals surface area contributed by atoms with E-state index in [0.717, 1.165) is 101 Å². The summed E-state index contributed by atoms with van der Waals surface area (Å²) in [5.74, 6) is 0.225. The SMILES string of the molecule is c1ccc(-c2nc3c(-c4ccc(N(c5ccccc5)c5cccc6c5-c5ccccc5C6c5ccccc5)cc4)c4nsnc4c(-c4ccc(N(c5ccccc5)c5cccc6c5-c5ccccc5C6c5ccccc5)cc4)c3nc2-c2ccccc2)cc1. The maximum absolute atomic E-state index is 5.82. The Balaban J connectivity index is 0.842. The summed E-state index contributed by atoms with van der Waals surface area (Å²) in [4.78, 5) is 16.4. The lowest BCUT2D eigenvalue weighted by atomic mass is 9.89. The smallest absolute Gasteiger partial charge is 0.115 e. The number of nitrogens with zero attached hydrogens (tertiary/aromatic N) is 6. The molecule has 2 aliphatic rings. The minimum Gasteiger partial charge on any atom is -0.310 e. The number of hydrogen-bond donors (Lipinski definition) is 0. The molecule has 0 aliphatic heterocycles. The van der Waals surface area contributed by atoms with Crippen LogP contribution in [0.25, 0.3) is 89.1 Å². The van der Waals surface area contributed by atoms with Gasteiger partial charge in [-0.05, 0) is 116 Å². The van der Waals surface area contributed by atoms with Gasteiger partial charge in [0.25, 0.3) is 0 Å². The standard InChI is InChI=1S/C82H54N6S/c1-7-25-53(26-8-1)71-63-37-19-21-39-65(63)75-67(71)41-23-43-69(75)87(59-33-15-5-16-34-59)61-49-45-55(46-50-61)73-79-80(84-78(58-31-13-4-14-32-58)77(83-79)57-29-11-3-12-30-57)74(82-81(73)85-89-86-82)56-47-51-62(52-48-56)88(60-35-17-6-18-36-60)70-44-24-42-68-72(54-27-9-2-10-28-54)64-38-20-22-40-66(64)76(68)70/h1-52,71-72H. The van der Waals surface area contributed by atoms with Crippen LogP contribution >= 0.6 is 11.7 Å². The number of aromatic nitrogens is 4. The Bertz CT molecular complexity index is 4800. The van der Waals surface area contributed by atoms with E-state index < -0.39 is 0 Å². The van der Waals surface area contributed by atoms with Crippen LogP contribution in [0.3, 0.4) is 0 Å². The van der Waals surface area contributed by atoms with Crippen molar-refractivity contribution in [1.29, 1.82) is 0 Å². The Hall–Kier alpha value is -11.4. The van der Waals surface area contributed by atoms with Crippen LogP contribution in [-0.4, -0.2) is 18.7 Å². The molecule has 2 aromatic heterocycles. The first kappa shape index (κ1) is 52.0. The van der Waals surface area contributed by atoms with Crippen LogP contribution in [0.4, 0.5) is 34.1 Å². The molecule has 0 saturated heterocycles. The maximum atomic E-state index is 5.82. The van der Waals surface area contributed by atoms with Gasteiger partial charge in [-0.15, -0.1) is 0 Å². The first-order valence-electron chi connectivity index (χ1n) is 30.3. The van der Waals surface area contributed by atoms with Crippen molar-refractivity contribution in [2.24, 2.45) is 0 Å². The molecular formula is C82H54N6S. The molecule has 13 aromatic carbocycles. The third-order valence-electron chi connectivity index (χ3n) is 17.9. The van der Waals surface area contributed by atoms with Gasteiger partial charge in [0.15, 0.2) is 0 Å². The Kier molecular flexibility index (Phi) is 12.8. The first-order chi connectivity index (χ1) is 44.2. The number of anilines is 6. The number of para-hydroxylation sites is 2. The summed E-state index contributed by atoms with van der Waals surface area (Å²) in [6.45, 7) is 0. The van der Waals surface area contributed by atoms with Gasteiger partial charge < -0.3 is 9.80 Å². The second-order valence-electron chi connectivity index (χ2n) is 22.8. The van der Waals surface area contributed by atoms with Crippen molar-refractivity contribution in [3.63, 3.8) is 0 Å². The van der Waals surface area contributed by atoms with E-state index in [4.69, 9.17) is 18.7 Å². The summed E-state index contributed by atoms with van der Waals surface area (Å²) < 4.78 is 10.4. The lowest BCUT2D eigenvalue weighted by molar-refractivity contribution is 1.01. The van der Waals surface area contributed by atoms with Crippen LogP contribution in [0.2, 0.25) is 0 Å². The van der Waals surface area contributed by atoms with E-state index in [2.05, 4.69) is 313 Å². The second kappa shape index (κ2) is 21.8. The second-order valence-corrected chi connectivity index (χ2v) is 23.4. The van der Waals surface area contributed by atoms with Gasteiger partial charge in [0.2, 0.25) is 0 Å². The zero-order valence-electron chi connectivity index (χ0n) is 48.3. The Morgan fingerprint density at radius 2 is 0.573 bits per heavy atom. The molecule has 0 spiro atoms. The lowest BCUT2D eigenvalue weighted by Gasteiger charge is -2.28. The summed E-state index contributed by atoms with van der Waals surface area (Å²) in [6.07, 6.45) is 0. The molecule has 418 valence electrons. The third kappa shape index (κ3) is 8.77. The van der Waals surface area contributed by atoms with E-state index in [-0.39, 0.29) is 11.8 Å². The van der Waals surface area contributed by atoms with Crippen molar-refractivity contribution in [2.45, 2.75) is 11.8 Å². The average molecular weight is 1160 g/mol. The highest BCUT2D eigenvalue weighted by Gasteiger charge is 2.36. The van der Waals surface area contributed by atoms with E-state index in [0.29, 0.717) is 0 Å². The molecule has 0 fully saturated rings. The van der Waals surface area contributed by atoms with E-state index in [1.165, 1.54) is 67.4 Å². The Morgan fingerprint density at radius 1 is 0.247 bits per heavy atom. The topological polar surface area (TPSA) is 58.0 Å². The highest BCUT2D eigenvalue weighted by molar-refractivity contribution is 7.00. The molecule has 0 bridgehead atoms. The highest BCUT2D eigenvalue weighted by Crippen LogP contribution is 2.56. The fourth-order valence-corrected chi connectivity index (χ4v) is 14.6. The minimum absolute atomic E-state index is 0.112. The number of benzene rings is 13. The molecule has 6 nitrogen and oxygen atoms in total.